The van der Waals surface area contributed by atoms with Crippen molar-refractivity contribution in [1.82, 2.24) is 0 Å². The zero-order valence-corrected chi connectivity index (χ0v) is 10.2. The average molecular weight is 265 g/mol. The SMILES string of the molecule is COc1cccc(C(O)c2cc(F)ccc2F)c1N. The van der Waals surface area contributed by atoms with Gasteiger partial charge in [0.2, 0.25) is 0 Å². The average Bonchev–Trinajstić information content (AvgIpc) is 2.41. The summed E-state index contributed by atoms with van der Waals surface area (Å²) in [7, 11) is 1.44. The summed E-state index contributed by atoms with van der Waals surface area (Å²) in [4.78, 5) is 0. The fourth-order valence-corrected chi connectivity index (χ4v) is 1.87. The van der Waals surface area contributed by atoms with Crippen molar-refractivity contribution in [2.75, 3.05) is 12.8 Å². The second-order valence-corrected chi connectivity index (χ2v) is 4.03. The molecule has 2 aromatic rings. The molecule has 0 amide bonds. The van der Waals surface area contributed by atoms with E-state index in [1.54, 1.807) is 12.1 Å². The fourth-order valence-electron chi connectivity index (χ4n) is 1.87. The molecule has 1 atom stereocenters. The molecule has 0 fully saturated rings. The molecule has 1 unspecified atom stereocenters. The fraction of sp³-hybridized carbons (Fsp3) is 0.143. The molecule has 0 bridgehead atoms. The van der Waals surface area contributed by atoms with E-state index in [0.717, 1.165) is 18.2 Å². The highest BCUT2D eigenvalue weighted by atomic mass is 19.1. The Kier molecular flexibility index (Phi) is 3.66. The van der Waals surface area contributed by atoms with E-state index in [9.17, 15) is 13.9 Å². The molecular weight excluding hydrogens is 252 g/mol. The molecule has 0 aliphatic carbocycles. The molecule has 100 valence electrons. The van der Waals surface area contributed by atoms with Crippen molar-refractivity contribution in [2.24, 2.45) is 0 Å². The van der Waals surface area contributed by atoms with Gasteiger partial charge in [-0.25, -0.2) is 8.78 Å². The summed E-state index contributed by atoms with van der Waals surface area (Å²) in [5, 5.41) is 10.2. The summed E-state index contributed by atoms with van der Waals surface area (Å²) in [5.74, 6) is -0.957. The van der Waals surface area contributed by atoms with Gasteiger partial charge >= 0.3 is 0 Å². The lowest BCUT2D eigenvalue weighted by molar-refractivity contribution is 0.214. The number of hydrogen-bond donors (Lipinski definition) is 2. The number of rotatable bonds is 3. The van der Waals surface area contributed by atoms with Gasteiger partial charge in [-0.3, -0.25) is 0 Å². The zero-order chi connectivity index (χ0) is 14.0. The minimum atomic E-state index is -1.36. The first-order valence-electron chi connectivity index (χ1n) is 5.60. The van der Waals surface area contributed by atoms with Gasteiger partial charge in [0.1, 0.15) is 23.5 Å². The number of anilines is 1. The van der Waals surface area contributed by atoms with Gasteiger partial charge in [0.15, 0.2) is 0 Å². The number of para-hydroxylation sites is 1. The van der Waals surface area contributed by atoms with Gasteiger partial charge in [0.25, 0.3) is 0 Å². The number of aliphatic hydroxyl groups excluding tert-OH is 1. The van der Waals surface area contributed by atoms with Crippen LogP contribution < -0.4 is 10.5 Å². The summed E-state index contributed by atoms with van der Waals surface area (Å²) >= 11 is 0. The van der Waals surface area contributed by atoms with Crippen molar-refractivity contribution < 1.29 is 18.6 Å². The maximum Gasteiger partial charge on any atom is 0.142 e. The van der Waals surface area contributed by atoms with E-state index < -0.39 is 17.7 Å². The number of nitrogens with two attached hydrogens (primary N) is 1. The van der Waals surface area contributed by atoms with Crippen LogP contribution in [0.5, 0.6) is 5.75 Å². The number of methoxy groups -OCH3 is 1. The molecule has 0 aromatic heterocycles. The molecule has 2 rings (SSSR count). The molecule has 3 nitrogen and oxygen atoms in total. The standard InChI is InChI=1S/C14H13F2NO2/c1-19-12-4-2-3-9(13(12)17)14(18)10-7-8(15)5-6-11(10)16/h2-7,14,18H,17H2,1H3. The van der Waals surface area contributed by atoms with Crippen LogP contribution in [0.3, 0.4) is 0 Å². The second-order valence-electron chi connectivity index (χ2n) is 4.03. The Balaban J connectivity index is 2.50. The third-order valence-electron chi connectivity index (χ3n) is 2.87. The molecule has 0 saturated heterocycles. The third-order valence-corrected chi connectivity index (χ3v) is 2.87. The number of benzene rings is 2. The summed E-state index contributed by atoms with van der Waals surface area (Å²) in [5.41, 5.74) is 6.12. The number of hydrogen-bond acceptors (Lipinski definition) is 3. The zero-order valence-electron chi connectivity index (χ0n) is 10.2. The number of aliphatic hydroxyl groups is 1. The van der Waals surface area contributed by atoms with Crippen molar-refractivity contribution >= 4 is 5.69 Å². The monoisotopic (exact) mass is 265 g/mol. The lowest BCUT2D eigenvalue weighted by Crippen LogP contribution is -2.07. The van der Waals surface area contributed by atoms with Crippen LogP contribution in [-0.4, -0.2) is 12.2 Å². The Labute approximate surface area is 109 Å². The van der Waals surface area contributed by atoms with Crippen LogP contribution in [0.15, 0.2) is 36.4 Å². The maximum atomic E-state index is 13.6. The minimum Gasteiger partial charge on any atom is -0.495 e. The van der Waals surface area contributed by atoms with Crippen molar-refractivity contribution in [1.29, 1.82) is 0 Å². The summed E-state index contributed by atoms with van der Waals surface area (Å²) in [6.45, 7) is 0. The van der Waals surface area contributed by atoms with E-state index >= 15 is 0 Å². The first-order chi connectivity index (χ1) is 9.04. The van der Waals surface area contributed by atoms with Gasteiger partial charge in [0, 0.05) is 11.1 Å². The molecule has 3 N–H and O–H groups in total. The predicted octanol–water partition coefficient (Wildman–Crippen LogP) is 2.64. The predicted molar refractivity (Wildman–Crippen MR) is 67.8 cm³/mol. The van der Waals surface area contributed by atoms with Crippen LogP contribution in [0.25, 0.3) is 0 Å². The summed E-state index contributed by atoms with van der Waals surface area (Å²) < 4.78 is 31.8. The molecule has 0 heterocycles. The van der Waals surface area contributed by atoms with Crippen LogP contribution >= 0.6 is 0 Å². The van der Waals surface area contributed by atoms with Gasteiger partial charge in [-0.2, -0.15) is 0 Å². The Bertz CT molecular complexity index is 602. The quantitative estimate of drug-likeness (QED) is 0.839. The molecule has 2 aromatic carbocycles. The van der Waals surface area contributed by atoms with E-state index in [4.69, 9.17) is 10.5 Å². The van der Waals surface area contributed by atoms with Gasteiger partial charge < -0.3 is 15.6 Å². The van der Waals surface area contributed by atoms with E-state index in [1.807, 2.05) is 0 Å². The number of halogens is 2. The Morgan fingerprint density at radius 1 is 1.16 bits per heavy atom. The molecule has 0 aliphatic heterocycles. The highest BCUT2D eigenvalue weighted by molar-refractivity contribution is 5.60. The maximum absolute atomic E-state index is 13.6. The number of nitrogen functional groups attached to an aromatic ring is 1. The van der Waals surface area contributed by atoms with Crippen LogP contribution in [0.4, 0.5) is 14.5 Å². The van der Waals surface area contributed by atoms with Crippen molar-refractivity contribution in [2.45, 2.75) is 6.10 Å². The molecular formula is C14H13F2NO2. The minimum absolute atomic E-state index is 0.167. The largest absolute Gasteiger partial charge is 0.495 e. The molecule has 19 heavy (non-hydrogen) atoms. The van der Waals surface area contributed by atoms with Crippen LogP contribution in [0, 0.1) is 11.6 Å². The first-order valence-corrected chi connectivity index (χ1v) is 5.60. The van der Waals surface area contributed by atoms with Crippen molar-refractivity contribution in [3.8, 4) is 5.75 Å². The Hall–Kier alpha value is -2.14. The molecule has 0 saturated carbocycles. The van der Waals surface area contributed by atoms with Gasteiger partial charge in [0.05, 0.1) is 12.8 Å². The molecule has 0 radical (unpaired) electrons. The molecule has 5 heteroatoms. The second kappa shape index (κ2) is 5.24. The van der Waals surface area contributed by atoms with E-state index in [2.05, 4.69) is 0 Å². The lowest BCUT2D eigenvalue weighted by atomic mass is 9.99. The van der Waals surface area contributed by atoms with Gasteiger partial charge in [-0.1, -0.05) is 12.1 Å². The summed E-state index contributed by atoms with van der Waals surface area (Å²) in [6.07, 6.45) is -1.36. The van der Waals surface area contributed by atoms with E-state index in [0.29, 0.717) is 5.75 Å². The molecule has 0 aliphatic rings. The third kappa shape index (κ3) is 2.51. The van der Waals surface area contributed by atoms with Crippen LogP contribution in [0.2, 0.25) is 0 Å². The Morgan fingerprint density at radius 3 is 2.58 bits per heavy atom. The first kappa shape index (κ1) is 13.3. The lowest BCUT2D eigenvalue weighted by Gasteiger charge is -2.16. The van der Waals surface area contributed by atoms with Crippen molar-refractivity contribution in [3.63, 3.8) is 0 Å². The normalized spacial score (nSPS) is 12.2. The number of ether oxygens (including phenoxy) is 1. The van der Waals surface area contributed by atoms with Crippen molar-refractivity contribution in [3.05, 3.63) is 59.2 Å². The highest BCUT2D eigenvalue weighted by Crippen LogP contribution is 2.33. The van der Waals surface area contributed by atoms with Gasteiger partial charge in [-0.15, -0.1) is 0 Å². The highest BCUT2D eigenvalue weighted by Gasteiger charge is 2.19. The topological polar surface area (TPSA) is 55.5 Å². The smallest absolute Gasteiger partial charge is 0.142 e. The summed E-state index contributed by atoms with van der Waals surface area (Å²) in [6, 6.07) is 7.66. The van der Waals surface area contributed by atoms with Crippen LogP contribution in [-0.2, 0) is 0 Å². The van der Waals surface area contributed by atoms with E-state index in [1.165, 1.54) is 13.2 Å². The molecule has 0 spiro atoms. The Morgan fingerprint density at radius 2 is 1.89 bits per heavy atom. The van der Waals surface area contributed by atoms with Crippen LogP contribution in [0.1, 0.15) is 17.2 Å². The van der Waals surface area contributed by atoms with Gasteiger partial charge in [-0.05, 0) is 24.3 Å². The van der Waals surface area contributed by atoms with E-state index in [-0.39, 0.29) is 16.8 Å².